The van der Waals surface area contributed by atoms with Crippen LogP contribution in [0.2, 0.25) is 0 Å². The number of ether oxygens (including phenoxy) is 1. The van der Waals surface area contributed by atoms with E-state index in [9.17, 15) is 4.79 Å². The van der Waals surface area contributed by atoms with Gasteiger partial charge in [-0.1, -0.05) is 30.3 Å². The summed E-state index contributed by atoms with van der Waals surface area (Å²) < 4.78 is 8.46. The number of fused-ring (bicyclic) bond motifs is 5. The predicted octanol–water partition coefficient (Wildman–Crippen LogP) is 4.16. The van der Waals surface area contributed by atoms with Gasteiger partial charge in [0, 0.05) is 61.9 Å². The zero-order chi connectivity index (χ0) is 21.0. The molecule has 2 aromatic heterocycles. The summed E-state index contributed by atoms with van der Waals surface area (Å²) in [4.78, 5) is 19.7. The van der Waals surface area contributed by atoms with Crippen LogP contribution in [0.1, 0.15) is 28.8 Å². The predicted molar refractivity (Wildman–Crippen MR) is 118 cm³/mol. The number of aryl methyl sites for hydroxylation is 1. The molecular formula is C25H22N4O2. The lowest BCUT2D eigenvalue weighted by Gasteiger charge is -2.44. The number of aromatic nitrogens is 3. The summed E-state index contributed by atoms with van der Waals surface area (Å²) in [6, 6.07) is 17.7. The Balaban J connectivity index is 1.31. The van der Waals surface area contributed by atoms with E-state index < -0.39 is 5.60 Å². The summed E-state index contributed by atoms with van der Waals surface area (Å²) in [7, 11) is 1.95. The Morgan fingerprint density at radius 1 is 1.03 bits per heavy atom. The van der Waals surface area contributed by atoms with E-state index in [1.165, 1.54) is 0 Å². The second kappa shape index (κ2) is 6.67. The number of hydrogen-bond acceptors (Lipinski definition) is 4. The molecule has 0 bridgehead atoms. The second-order valence-electron chi connectivity index (χ2n) is 8.33. The number of para-hydroxylation sites is 2. The highest BCUT2D eigenvalue weighted by Crippen LogP contribution is 2.49. The minimum Gasteiger partial charge on any atom is -0.482 e. The van der Waals surface area contributed by atoms with Gasteiger partial charge in [-0.25, -0.2) is 0 Å². The second-order valence-corrected chi connectivity index (χ2v) is 8.33. The lowest BCUT2D eigenvalue weighted by molar-refractivity contribution is -0.00160. The SMILES string of the molecule is Cn1cc2c(n1)-c1ccccc1OC21CCN(C(=O)c2ccnc3ccccc23)CC1. The smallest absolute Gasteiger partial charge is 0.254 e. The number of nitrogens with zero attached hydrogens (tertiary/aromatic N) is 4. The highest BCUT2D eigenvalue weighted by molar-refractivity contribution is 6.06. The first-order valence-corrected chi connectivity index (χ1v) is 10.6. The Labute approximate surface area is 180 Å². The third-order valence-corrected chi connectivity index (χ3v) is 6.50. The Morgan fingerprint density at radius 3 is 2.68 bits per heavy atom. The molecule has 1 spiro atoms. The third kappa shape index (κ3) is 2.75. The first-order valence-electron chi connectivity index (χ1n) is 10.6. The van der Waals surface area contributed by atoms with Crippen LogP contribution in [0.4, 0.5) is 0 Å². The minimum atomic E-state index is -0.449. The highest BCUT2D eigenvalue weighted by Gasteiger charge is 2.45. The molecule has 1 saturated heterocycles. The van der Waals surface area contributed by atoms with E-state index in [1.807, 2.05) is 65.2 Å². The molecule has 0 atom stereocenters. The number of hydrogen-bond donors (Lipinski definition) is 0. The van der Waals surface area contributed by atoms with Crippen LogP contribution in [0.5, 0.6) is 5.75 Å². The Morgan fingerprint density at radius 2 is 1.81 bits per heavy atom. The molecule has 1 fully saturated rings. The van der Waals surface area contributed by atoms with Gasteiger partial charge < -0.3 is 9.64 Å². The normalized spacial score (nSPS) is 16.6. The summed E-state index contributed by atoms with van der Waals surface area (Å²) in [6.45, 7) is 1.26. The van der Waals surface area contributed by atoms with Crippen LogP contribution in [0.3, 0.4) is 0 Å². The quantitative estimate of drug-likeness (QED) is 0.473. The van der Waals surface area contributed by atoms with Crippen LogP contribution in [0.15, 0.2) is 67.0 Å². The maximum Gasteiger partial charge on any atom is 0.254 e. The molecule has 6 rings (SSSR count). The number of rotatable bonds is 1. The topological polar surface area (TPSA) is 60.2 Å². The molecule has 4 heterocycles. The molecule has 0 N–H and O–H groups in total. The number of pyridine rings is 1. The van der Waals surface area contributed by atoms with Crippen molar-refractivity contribution < 1.29 is 9.53 Å². The van der Waals surface area contributed by atoms with E-state index in [0.717, 1.165) is 46.3 Å². The van der Waals surface area contributed by atoms with E-state index in [2.05, 4.69) is 17.2 Å². The van der Waals surface area contributed by atoms with Crippen LogP contribution in [-0.4, -0.2) is 38.7 Å². The number of amides is 1. The number of carbonyl (C=O) groups excluding carboxylic acids is 1. The van der Waals surface area contributed by atoms with Crippen LogP contribution in [-0.2, 0) is 12.6 Å². The standard InChI is InChI=1S/C25H22N4O2/c1-28-16-20-23(27-28)19-7-3-5-9-22(19)31-25(20)11-14-29(15-12-25)24(30)18-10-13-26-21-8-4-2-6-17(18)21/h2-10,13,16H,11-12,14-15H2,1H3. The Bertz CT molecular complexity index is 1310. The highest BCUT2D eigenvalue weighted by atomic mass is 16.5. The monoisotopic (exact) mass is 410 g/mol. The van der Waals surface area contributed by atoms with Crippen LogP contribution >= 0.6 is 0 Å². The van der Waals surface area contributed by atoms with Crippen LogP contribution in [0.25, 0.3) is 22.2 Å². The van der Waals surface area contributed by atoms with Crippen molar-refractivity contribution in [3.63, 3.8) is 0 Å². The third-order valence-electron chi connectivity index (χ3n) is 6.50. The van der Waals surface area contributed by atoms with Crippen molar-refractivity contribution in [3.05, 3.63) is 78.1 Å². The first kappa shape index (κ1) is 18.1. The fourth-order valence-electron chi connectivity index (χ4n) is 4.93. The molecule has 0 saturated carbocycles. The van der Waals surface area contributed by atoms with E-state index in [-0.39, 0.29) is 5.91 Å². The number of piperidine rings is 1. The molecule has 0 aliphatic carbocycles. The van der Waals surface area contributed by atoms with E-state index >= 15 is 0 Å². The Hall–Kier alpha value is -3.67. The molecule has 0 unspecified atom stereocenters. The van der Waals surface area contributed by atoms with E-state index in [1.54, 1.807) is 6.20 Å². The molecule has 31 heavy (non-hydrogen) atoms. The van der Waals surface area contributed by atoms with E-state index in [0.29, 0.717) is 18.7 Å². The molecule has 154 valence electrons. The van der Waals surface area contributed by atoms with Gasteiger partial charge in [-0.15, -0.1) is 0 Å². The fraction of sp³-hybridized carbons (Fsp3) is 0.240. The summed E-state index contributed by atoms with van der Waals surface area (Å²) in [5.74, 6) is 0.921. The molecule has 6 heteroatoms. The average molecular weight is 410 g/mol. The minimum absolute atomic E-state index is 0.0519. The zero-order valence-electron chi connectivity index (χ0n) is 17.3. The first-order chi connectivity index (χ1) is 15.1. The lowest BCUT2D eigenvalue weighted by atomic mass is 9.81. The fourth-order valence-corrected chi connectivity index (χ4v) is 4.93. The molecule has 2 aromatic carbocycles. The van der Waals surface area contributed by atoms with Gasteiger partial charge in [0.2, 0.25) is 0 Å². The molecule has 4 aromatic rings. The molecular weight excluding hydrogens is 388 g/mol. The van der Waals surface area contributed by atoms with Crippen molar-refractivity contribution in [2.24, 2.45) is 7.05 Å². The number of likely N-dealkylation sites (tertiary alicyclic amines) is 1. The van der Waals surface area contributed by atoms with Gasteiger partial charge in [-0.05, 0) is 24.3 Å². The Kier molecular flexibility index (Phi) is 3.90. The summed E-state index contributed by atoms with van der Waals surface area (Å²) in [5.41, 5.74) is 4.24. The zero-order valence-corrected chi connectivity index (χ0v) is 17.3. The average Bonchev–Trinajstić information content (AvgIpc) is 3.22. The largest absolute Gasteiger partial charge is 0.482 e. The number of benzene rings is 2. The van der Waals surface area contributed by atoms with Crippen molar-refractivity contribution in [1.82, 2.24) is 19.7 Å². The van der Waals surface area contributed by atoms with Gasteiger partial charge in [0.25, 0.3) is 5.91 Å². The molecule has 2 aliphatic rings. The van der Waals surface area contributed by atoms with Gasteiger partial charge >= 0.3 is 0 Å². The van der Waals surface area contributed by atoms with Gasteiger partial charge in [0.15, 0.2) is 0 Å². The van der Waals surface area contributed by atoms with Crippen molar-refractivity contribution in [1.29, 1.82) is 0 Å². The van der Waals surface area contributed by atoms with Crippen LogP contribution in [0, 0.1) is 0 Å². The van der Waals surface area contributed by atoms with Gasteiger partial charge in [-0.2, -0.15) is 5.10 Å². The molecule has 2 aliphatic heterocycles. The molecule has 1 amide bonds. The summed E-state index contributed by atoms with van der Waals surface area (Å²) in [5, 5.41) is 5.62. The van der Waals surface area contributed by atoms with Crippen molar-refractivity contribution in [2.45, 2.75) is 18.4 Å². The van der Waals surface area contributed by atoms with Crippen molar-refractivity contribution in [3.8, 4) is 17.0 Å². The van der Waals surface area contributed by atoms with Gasteiger partial charge in [0.05, 0.1) is 11.1 Å². The van der Waals surface area contributed by atoms with Crippen molar-refractivity contribution in [2.75, 3.05) is 13.1 Å². The van der Waals surface area contributed by atoms with Crippen LogP contribution < -0.4 is 4.74 Å². The van der Waals surface area contributed by atoms with E-state index in [4.69, 9.17) is 9.84 Å². The van der Waals surface area contributed by atoms with Gasteiger partial charge in [-0.3, -0.25) is 14.5 Å². The molecule has 6 nitrogen and oxygen atoms in total. The maximum absolute atomic E-state index is 13.4. The lowest BCUT2D eigenvalue weighted by Crippen LogP contribution is -2.49. The maximum atomic E-state index is 13.4. The summed E-state index contributed by atoms with van der Waals surface area (Å²) >= 11 is 0. The van der Waals surface area contributed by atoms with Crippen molar-refractivity contribution >= 4 is 16.8 Å². The number of carbonyl (C=O) groups is 1. The summed E-state index contributed by atoms with van der Waals surface area (Å²) in [6.07, 6.45) is 5.24. The van der Waals surface area contributed by atoms with Gasteiger partial charge in [0.1, 0.15) is 17.0 Å². The molecule has 0 radical (unpaired) electrons.